The summed E-state index contributed by atoms with van der Waals surface area (Å²) in [7, 11) is -1.91. The van der Waals surface area contributed by atoms with E-state index in [-0.39, 0.29) is 9.79 Å². The van der Waals surface area contributed by atoms with Gasteiger partial charge in [0.2, 0.25) is 0 Å². The van der Waals surface area contributed by atoms with Crippen molar-refractivity contribution in [3.63, 3.8) is 0 Å². The Hall–Kier alpha value is 0.0769. The van der Waals surface area contributed by atoms with Crippen molar-refractivity contribution in [2.24, 2.45) is 0 Å². The number of nitrogens with zero attached hydrogens (tertiary/aromatic N) is 1. The van der Waals surface area contributed by atoms with Crippen LogP contribution in [0.15, 0.2) is 6.20 Å². The minimum Gasteiger partial charge on any atom is -0.598 e. The molecule has 0 bridgehead atoms. The highest BCUT2D eigenvalue weighted by atomic mass is 32.2. The first-order valence-electron chi connectivity index (χ1n) is 8.91. The van der Waals surface area contributed by atoms with Gasteiger partial charge in [-0.15, -0.1) is 16.1 Å². The Morgan fingerprint density at radius 3 is 2.16 bits per heavy atom. The fourth-order valence-electron chi connectivity index (χ4n) is 1.76. The van der Waals surface area contributed by atoms with E-state index in [1.54, 1.807) is 11.3 Å². The van der Waals surface area contributed by atoms with Crippen molar-refractivity contribution < 1.29 is 8.98 Å². The second-order valence-corrected chi connectivity index (χ2v) is 17.2. The molecule has 0 amide bonds. The Balaban J connectivity index is 3.11. The van der Waals surface area contributed by atoms with Crippen molar-refractivity contribution in [3.8, 4) is 0 Å². The summed E-state index contributed by atoms with van der Waals surface area (Å²) in [6.07, 6.45) is 2.88. The van der Waals surface area contributed by atoms with Gasteiger partial charge in [0.1, 0.15) is 15.3 Å². The van der Waals surface area contributed by atoms with Crippen LogP contribution in [0.5, 0.6) is 0 Å². The van der Waals surface area contributed by atoms with Crippen LogP contribution in [0.3, 0.4) is 0 Å². The first kappa shape index (κ1) is 23.1. The van der Waals surface area contributed by atoms with Gasteiger partial charge < -0.3 is 8.98 Å². The average Bonchev–Trinajstić information content (AvgIpc) is 2.92. The summed E-state index contributed by atoms with van der Waals surface area (Å²) in [5.74, 6) is 0. The standard InChI is InChI=1S/C18H36N2O2S2Si/c1-11-14-12-19-15(23-14)18(8,20-24(21)16(2,3)4)13-22-25(9,10)17(5,6)7/h12,20H,11,13H2,1-10H3/t18-,24+/m1/s1. The molecule has 0 saturated carbocycles. The maximum atomic E-state index is 12.8. The molecule has 146 valence electrons. The lowest BCUT2D eigenvalue weighted by atomic mass is 10.1. The maximum Gasteiger partial charge on any atom is 0.192 e. The summed E-state index contributed by atoms with van der Waals surface area (Å²) in [5.41, 5.74) is -0.564. The molecule has 0 aliphatic heterocycles. The van der Waals surface area contributed by atoms with Gasteiger partial charge in [-0.25, -0.2) is 4.98 Å². The lowest BCUT2D eigenvalue weighted by Crippen LogP contribution is -2.54. The summed E-state index contributed by atoms with van der Waals surface area (Å²) >= 11 is 0.481. The highest BCUT2D eigenvalue weighted by Gasteiger charge is 2.43. The molecule has 2 atom stereocenters. The fourth-order valence-corrected chi connectivity index (χ4v) is 4.72. The molecule has 7 heteroatoms. The molecule has 0 aliphatic rings. The molecule has 0 aliphatic carbocycles. The van der Waals surface area contributed by atoms with Crippen LogP contribution >= 0.6 is 11.3 Å². The van der Waals surface area contributed by atoms with Gasteiger partial charge in [-0.2, -0.15) is 0 Å². The Labute approximate surface area is 162 Å². The van der Waals surface area contributed by atoms with E-state index in [2.05, 4.69) is 57.4 Å². The number of aromatic nitrogens is 1. The van der Waals surface area contributed by atoms with Crippen LogP contribution in [0.4, 0.5) is 0 Å². The third kappa shape index (κ3) is 6.04. The molecule has 0 saturated heterocycles. The number of thiazole rings is 1. The molecule has 1 heterocycles. The number of hydrogen-bond acceptors (Lipinski definition) is 5. The molecule has 1 N–H and O–H groups in total. The molecule has 4 nitrogen and oxygen atoms in total. The van der Waals surface area contributed by atoms with E-state index in [4.69, 9.17) is 4.43 Å². The minimum absolute atomic E-state index is 0.133. The predicted octanol–water partition coefficient (Wildman–Crippen LogP) is 4.99. The highest BCUT2D eigenvalue weighted by Crippen LogP contribution is 2.38. The lowest BCUT2D eigenvalue weighted by Gasteiger charge is -2.40. The van der Waals surface area contributed by atoms with Gasteiger partial charge in [0, 0.05) is 22.4 Å². The average molecular weight is 405 g/mol. The van der Waals surface area contributed by atoms with Crippen molar-refractivity contribution in [1.29, 1.82) is 0 Å². The molecule has 0 radical (unpaired) electrons. The minimum atomic E-state index is -1.91. The summed E-state index contributed by atoms with van der Waals surface area (Å²) in [5, 5.41) is 1.08. The van der Waals surface area contributed by atoms with Crippen molar-refractivity contribution >= 4 is 31.0 Å². The van der Waals surface area contributed by atoms with Gasteiger partial charge >= 0.3 is 0 Å². The summed E-state index contributed by atoms with van der Waals surface area (Å²) in [6, 6.07) is 0. The van der Waals surface area contributed by atoms with E-state index < -0.39 is 25.2 Å². The SMILES string of the molecule is CCc1cnc([C@@](C)(CO[Si](C)(C)C(C)(C)C)N[S@@+]([O-])C(C)(C)C)s1. The van der Waals surface area contributed by atoms with Crippen LogP contribution in [-0.4, -0.2) is 29.2 Å². The Kier molecular flexibility index (Phi) is 7.38. The normalized spacial score (nSPS) is 17.4. The third-order valence-corrected chi connectivity index (χ3v) is 12.4. The van der Waals surface area contributed by atoms with Crippen LogP contribution in [0.25, 0.3) is 0 Å². The summed E-state index contributed by atoms with van der Waals surface area (Å²) in [6.45, 7) is 21.8. The van der Waals surface area contributed by atoms with Crippen molar-refractivity contribution in [3.05, 3.63) is 16.1 Å². The monoisotopic (exact) mass is 404 g/mol. The quantitative estimate of drug-likeness (QED) is 0.513. The van der Waals surface area contributed by atoms with Gasteiger partial charge in [-0.3, -0.25) is 0 Å². The Bertz CT molecular complexity index is 564. The van der Waals surface area contributed by atoms with Crippen LogP contribution in [0, 0.1) is 0 Å². The number of rotatable bonds is 7. The van der Waals surface area contributed by atoms with Crippen LogP contribution < -0.4 is 4.72 Å². The Morgan fingerprint density at radius 2 is 1.76 bits per heavy atom. The first-order valence-corrected chi connectivity index (χ1v) is 13.8. The molecule has 25 heavy (non-hydrogen) atoms. The molecular formula is C18H36N2O2S2Si. The molecule has 1 aromatic heterocycles. The number of aryl methyl sites for hydroxylation is 1. The molecule has 0 unspecified atom stereocenters. The third-order valence-electron chi connectivity index (χ3n) is 4.78. The smallest absolute Gasteiger partial charge is 0.192 e. The van der Waals surface area contributed by atoms with Gasteiger partial charge in [0.25, 0.3) is 0 Å². The zero-order chi connectivity index (χ0) is 19.7. The molecule has 1 aromatic rings. The molecular weight excluding hydrogens is 368 g/mol. The van der Waals surface area contributed by atoms with Crippen molar-refractivity contribution in [1.82, 2.24) is 9.71 Å². The number of hydrogen-bond donors (Lipinski definition) is 1. The molecule has 1 rings (SSSR count). The predicted molar refractivity (Wildman–Crippen MR) is 113 cm³/mol. The van der Waals surface area contributed by atoms with Crippen molar-refractivity contribution in [2.75, 3.05) is 6.61 Å². The topological polar surface area (TPSA) is 57.2 Å². The molecule has 0 aromatic carbocycles. The second kappa shape index (κ2) is 7.98. The maximum absolute atomic E-state index is 12.8. The zero-order valence-corrected chi connectivity index (χ0v) is 20.2. The van der Waals surface area contributed by atoms with Crippen LogP contribution in [-0.2, 0) is 27.7 Å². The van der Waals surface area contributed by atoms with E-state index in [1.165, 1.54) is 4.88 Å². The summed E-state index contributed by atoms with van der Waals surface area (Å²) < 4.78 is 22.2. The van der Waals surface area contributed by atoms with E-state index in [0.29, 0.717) is 6.61 Å². The Morgan fingerprint density at radius 1 is 1.20 bits per heavy atom. The van der Waals surface area contributed by atoms with Crippen LogP contribution in [0.2, 0.25) is 18.1 Å². The zero-order valence-electron chi connectivity index (χ0n) is 17.6. The van der Waals surface area contributed by atoms with Crippen LogP contribution in [0.1, 0.15) is 65.3 Å². The van der Waals surface area contributed by atoms with Gasteiger partial charge in [-0.1, -0.05) is 27.7 Å². The van der Waals surface area contributed by atoms with E-state index in [0.717, 1.165) is 11.4 Å². The fraction of sp³-hybridized carbons (Fsp3) is 0.833. The van der Waals surface area contributed by atoms with E-state index in [9.17, 15) is 4.55 Å². The molecule has 0 fully saturated rings. The lowest BCUT2D eigenvalue weighted by molar-refractivity contribution is 0.198. The molecule has 0 spiro atoms. The van der Waals surface area contributed by atoms with E-state index in [1.807, 2.05) is 27.0 Å². The van der Waals surface area contributed by atoms with Gasteiger partial charge in [0.15, 0.2) is 8.32 Å². The summed E-state index contributed by atoms with van der Waals surface area (Å²) in [4.78, 5) is 5.85. The highest BCUT2D eigenvalue weighted by molar-refractivity contribution is 7.90. The van der Waals surface area contributed by atoms with Crippen molar-refractivity contribution in [2.45, 2.75) is 90.2 Å². The second-order valence-electron chi connectivity index (χ2n) is 9.35. The van der Waals surface area contributed by atoms with E-state index >= 15 is 0 Å². The largest absolute Gasteiger partial charge is 0.598 e. The number of nitrogens with one attached hydrogen (secondary N) is 1. The first-order chi connectivity index (χ1) is 11.1. The van der Waals surface area contributed by atoms with Gasteiger partial charge in [-0.05, 0) is 52.2 Å². The van der Waals surface area contributed by atoms with Gasteiger partial charge in [0.05, 0.1) is 6.61 Å².